The van der Waals surface area contributed by atoms with Gasteiger partial charge in [0.05, 0.1) is 12.1 Å². The van der Waals surface area contributed by atoms with Crippen molar-refractivity contribution in [1.82, 2.24) is 10.2 Å². The van der Waals surface area contributed by atoms with E-state index < -0.39 is 17.6 Å². The van der Waals surface area contributed by atoms with Crippen LogP contribution in [0.5, 0.6) is 5.75 Å². The van der Waals surface area contributed by atoms with Crippen molar-refractivity contribution >= 4 is 22.8 Å². The molecule has 5 rings (SSSR count). The van der Waals surface area contributed by atoms with Crippen LogP contribution in [0.3, 0.4) is 0 Å². The summed E-state index contributed by atoms with van der Waals surface area (Å²) >= 11 is 0. The van der Waals surface area contributed by atoms with Crippen LogP contribution in [0.4, 0.5) is 0 Å². The maximum atomic E-state index is 12.7. The van der Waals surface area contributed by atoms with E-state index in [1.54, 1.807) is 24.0 Å². The van der Waals surface area contributed by atoms with Crippen molar-refractivity contribution in [3.05, 3.63) is 39.7 Å². The van der Waals surface area contributed by atoms with Crippen molar-refractivity contribution in [2.75, 3.05) is 19.6 Å². The Bertz CT molecular complexity index is 1190. The number of hydrogen-bond donors (Lipinski definition) is 2. The summed E-state index contributed by atoms with van der Waals surface area (Å²) < 4.78 is 11.3. The first kappa shape index (κ1) is 23.9. The average Bonchev–Trinajstić information content (AvgIpc) is 2.86. The van der Waals surface area contributed by atoms with E-state index in [0.717, 1.165) is 67.9 Å². The molecule has 2 amide bonds. The van der Waals surface area contributed by atoms with E-state index in [2.05, 4.69) is 5.32 Å². The quantitative estimate of drug-likeness (QED) is 0.635. The Morgan fingerprint density at radius 2 is 2.00 bits per heavy atom. The van der Waals surface area contributed by atoms with Crippen LogP contribution in [0.25, 0.3) is 11.0 Å². The van der Waals surface area contributed by atoms with Crippen molar-refractivity contribution in [2.24, 2.45) is 5.92 Å². The summed E-state index contributed by atoms with van der Waals surface area (Å²) in [6.45, 7) is 2.58. The van der Waals surface area contributed by atoms with E-state index in [0.29, 0.717) is 30.8 Å². The number of ether oxygens (including phenoxy) is 1. The summed E-state index contributed by atoms with van der Waals surface area (Å²) in [4.78, 5) is 39.4. The molecule has 8 nitrogen and oxygen atoms in total. The molecule has 1 saturated carbocycles. The van der Waals surface area contributed by atoms with Crippen LogP contribution in [0.15, 0.2) is 27.4 Å². The minimum absolute atomic E-state index is 0.101. The predicted octanol–water partition coefficient (Wildman–Crippen LogP) is 2.71. The molecule has 2 N–H and O–H groups in total. The van der Waals surface area contributed by atoms with Crippen LogP contribution >= 0.6 is 0 Å². The van der Waals surface area contributed by atoms with Crippen LogP contribution in [0.1, 0.15) is 63.0 Å². The summed E-state index contributed by atoms with van der Waals surface area (Å²) in [6, 6.07) is 5.32. The van der Waals surface area contributed by atoms with Gasteiger partial charge in [-0.3, -0.25) is 9.59 Å². The van der Waals surface area contributed by atoms with E-state index >= 15 is 0 Å². The lowest BCUT2D eigenvalue weighted by atomic mass is 9.71. The number of likely N-dealkylation sites (tertiary alicyclic amines) is 1. The Hall–Kier alpha value is -2.87. The molecule has 8 heteroatoms. The second-order valence-electron chi connectivity index (χ2n) is 10.3. The number of aryl methyl sites for hydroxylation is 1. The highest BCUT2D eigenvalue weighted by molar-refractivity contribution is 5.87. The minimum Gasteiger partial charge on any atom is -0.481 e. The highest BCUT2D eigenvalue weighted by atomic mass is 16.5. The summed E-state index contributed by atoms with van der Waals surface area (Å²) in [5.74, 6) is 0.00965. The number of hydrogen-bond acceptors (Lipinski definition) is 6. The second kappa shape index (κ2) is 9.64. The van der Waals surface area contributed by atoms with Crippen molar-refractivity contribution in [2.45, 2.75) is 76.4 Å². The van der Waals surface area contributed by atoms with Gasteiger partial charge in [0.25, 0.3) is 5.91 Å². The highest BCUT2D eigenvalue weighted by Crippen LogP contribution is 2.39. The summed E-state index contributed by atoms with van der Waals surface area (Å²) in [5, 5.41) is 14.4. The SMILES string of the molecule is C[C@H](Oc1ccc2c3c(c(=O)oc2c1)CCCC3)C(=O)NCC(=O)N1CC[C@@]2(O)CCCC[C@@H]2C1. The monoisotopic (exact) mass is 482 g/mol. The van der Waals surface area contributed by atoms with Gasteiger partial charge in [-0.25, -0.2) is 4.79 Å². The van der Waals surface area contributed by atoms with Gasteiger partial charge in [0.1, 0.15) is 11.3 Å². The molecule has 2 aromatic rings. The van der Waals surface area contributed by atoms with Crippen LogP contribution < -0.4 is 15.7 Å². The zero-order valence-electron chi connectivity index (χ0n) is 20.3. The third-order valence-corrected chi connectivity index (χ3v) is 8.07. The van der Waals surface area contributed by atoms with Crippen LogP contribution in [0, 0.1) is 5.92 Å². The first-order chi connectivity index (χ1) is 16.8. The summed E-state index contributed by atoms with van der Waals surface area (Å²) in [7, 11) is 0. The van der Waals surface area contributed by atoms with Gasteiger partial charge in [0.2, 0.25) is 5.91 Å². The lowest BCUT2D eigenvalue weighted by Crippen LogP contribution is -2.56. The molecule has 3 aliphatic rings. The molecule has 3 atom stereocenters. The van der Waals surface area contributed by atoms with Gasteiger partial charge in [0, 0.05) is 36.0 Å². The largest absolute Gasteiger partial charge is 0.481 e. The number of nitrogens with zero attached hydrogens (tertiary/aromatic N) is 1. The number of benzene rings is 1. The molecular formula is C27H34N2O6. The first-order valence-electron chi connectivity index (χ1n) is 12.9. The van der Waals surface area contributed by atoms with Crippen molar-refractivity contribution < 1.29 is 23.8 Å². The highest BCUT2D eigenvalue weighted by Gasteiger charge is 2.43. The number of carbonyl (C=O) groups excluding carboxylic acids is 2. The van der Waals surface area contributed by atoms with E-state index in [9.17, 15) is 19.5 Å². The topological polar surface area (TPSA) is 109 Å². The molecule has 188 valence electrons. The first-order valence-corrected chi connectivity index (χ1v) is 12.9. The maximum absolute atomic E-state index is 12.7. The van der Waals surface area contributed by atoms with E-state index in [1.807, 2.05) is 6.07 Å². The number of rotatable bonds is 5. The lowest BCUT2D eigenvalue weighted by Gasteiger charge is -2.47. The van der Waals surface area contributed by atoms with E-state index in [4.69, 9.17) is 9.15 Å². The van der Waals surface area contributed by atoms with Crippen molar-refractivity contribution in [1.29, 1.82) is 0 Å². The standard InChI is InChI=1S/C27H34N2O6/c1-17(25(31)28-15-24(30)29-13-12-27(33)11-5-4-6-18(27)16-29)34-19-9-10-21-20-7-2-3-8-22(20)26(32)35-23(21)14-19/h9-10,14,17-18,33H,2-8,11-13,15-16H2,1H3,(H,28,31)/t17-,18+,27-/m0/s1. The fourth-order valence-electron chi connectivity index (χ4n) is 5.97. The molecule has 2 heterocycles. The van der Waals surface area contributed by atoms with Gasteiger partial charge in [-0.2, -0.15) is 0 Å². The van der Waals surface area contributed by atoms with Gasteiger partial charge in [-0.1, -0.05) is 12.8 Å². The number of nitrogens with one attached hydrogen (secondary N) is 1. The van der Waals surface area contributed by atoms with Crippen LogP contribution in [0.2, 0.25) is 0 Å². The average molecular weight is 483 g/mol. The number of carbonyl (C=O) groups is 2. The smallest absolute Gasteiger partial charge is 0.339 e. The minimum atomic E-state index is -0.825. The Kier molecular flexibility index (Phi) is 6.57. The number of fused-ring (bicyclic) bond motifs is 4. The molecule has 35 heavy (non-hydrogen) atoms. The lowest BCUT2D eigenvalue weighted by molar-refractivity contribution is -0.144. The Morgan fingerprint density at radius 1 is 1.20 bits per heavy atom. The number of amides is 2. The van der Waals surface area contributed by atoms with Gasteiger partial charge < -0.3 is 24.5 Å². The molecular weight excluding hydrogens is 448 g/mol. The fourth-order valence-corrected chi connectivity index (χ4v) is 5.97. The van der Waals surface area contributed by atoms with Gasteiger partial charge in [-0.15, -0.1) is 0 Å². The number of aliphatic hydroxyl groups is 1. The zero-order chi connectivity index (χ0) is 24.6. The predicted molar refractivity (Wildman–Crippen MR) is 130 cm³/mol. The Morgan fingerprint density at radius 3 is 2.83 bits per heavy atom. The molecule has 1 aliphatic heterocycles. The Labute approximate surface area is 204 Å². The molecule has 1 saturated heterocycles. The molecule has 2 fully saturated rings. The Balaban J connectivity index is 1.17. The molecule has 0 radical (unpaired) electrons. The fraction of sp³-hybridized carbons (Fsp3) is 0.593. The molecule has 0 unspecified atom stereocenters. The van der Waals surface area contributed by atoms with Gasteiger partial charge in [0.15, 0.2) is 6.10 Å². The van der Waals surface area contributed by atoms with E-state index in [1.165, 1.54) is 0 Å². The number of piperidine rings is 1. The normalized spacial score (nSPS) is 24.9. The van der Waals surface area contributed by atoms with Crippen molar-refractivity contribution in [3.63, 3.8) is 0 Å². The second-order valence-corrected chi connectivity index (χ2v) is 10.3. The van der Waals surface area contributed by atoms with Crippen LogP contribution in [-0.4, -0.2) is 53.2 Å². The molecule has 2 aliphatic carbocycles. The van der Waals surface area contributed by atoms with Gasteiger partial charge >= 0.3 is 5.63 Å². The third-order valence-electron chi connectivity index (χ3n) is 8.07. The summed E-state index contributed by atoms with van der Waals surface area (Å²) in [5.41, 5.74) is 1.36. The van der Waals surface area contributed by atoms with E-state index in [-0.39, 0.29) is 24.0 Å². The molecule has 0 spiro atoms. The molecule has 1 aromatic heterocycles. The maximum Gasteiger partial charge on any atom is 0.339 e. The third kappa shape index (κ3) is 4.81. The van der Waals surface area contributed by atoms with Crippen LogP contribution in [-0.2, 0) is 22.4 Å². The zero-order valence-corrected chi connectivity index (χ0v) is 20.3. The molecule has 1 aromatic carbocycles. The van der Waals surface area contributed by atoms with Crippen molar-refractivity contribution in [3.8, 4) is 5.75 Å². The molecule has 0 bridgehead atoms. The summed E-state index contributed by atoms with van der Waals surface area (Å²) in [6.07, 6.45) is 7.31. The van der Waals surface area contributed by atoms with Gasteiger partial charge in [-0.05, 0) is 69.6 Å².